The van der Waals surface area contributed by atoms with Crippen LogP contribution < -0.4 is 20.3 Å². The van der Waals surface area contributed by atoms with Gasteiger partial charge in [-0.3, -0.25) is 0 Å². The molecule has 16 aromatic carbocycles. The third-order valence-electron chi connectivity index (χ3n) is 19.3. The lowest BCUT2D eigenvalue weighted by Crippen LogP contribution is -2.11. The van der Waals surface area contributed by atoms with Crippen molar-refractivity contribution in [2.75, 3.05) is 22.1 Å². The number of rotatable bonds is 14. The maximum atomic E-state index is 11.4. The van der Waals surface area contributed by atoms with Gasteiger partial charge < -0.3 is 25.4 Å². The fourth-order valence-corrected chi connectivity index (χ4v) is 14.7. The summed E-state index contributed by atoms with van der Waals surface area (Å²) in [6.07, 6.45) is 5.04. The van der Waals surface area contributed by atoms with E-state index < -0.39 is 5.97 Å². The predicted molar refractivity (Wildman–Crippen MR) is 462 cm³/mol. The molecule has 0 spiro atoms. The van der Waals surface area contributed by atoms with Gasteiger partial charge in [0.1, 0.15) is 16.8 Å². The number of ether oxygens (including phenoxy) is 1. The zero-order chi connectivity index (χ0) is 73.8. The van der Waals surface area contributed by atoms with Crippen molar-refractivity contribution < 1.29 is 14.6 Å². The SMILES string of the molecule is CCCCCCOc1ccc(I)cc1.Cc1ccc(N(c2ccc(C)cc2)c2c3ccccc3c(C#Cc3ccc(-c4ccc(C(=O)O)cc4)c4nsnc34)c3ccccc23)cc1.Cc1ccc(N(c2ccc(C)cc2)c2c3ccccc3cc3ccccc23)cc1.Nc1c2ccccc2cc2ccccc12. The number of unbranched alkanes of at least 4 members (excludes halogenated alkanes) is 3. The predicted octanol–water partition coefficient (Wildman–Crippen LogP) is 26.8. The molecule has 0 unspecified atom stereocenters. The second-order valence-corrected chi connectivity index (χ2v) is 28.6. The summed E-state index contributed by atoms with van der Waals surface area (Å²) in [4.78, 5) is 16.1. The molecular weight excluding hydrogens is 1440 g/mol. The lowest BCUT2D eigenvalue weighted by molar-refractivity contribution is 0.0696. The molecule has 3 N–H and O–H groups in total. The number of nitrogen functional groups attached to an aromatic ring is 1. The van der Waals surface area contributed by atoms with E-state index in [0.717, 1.165) is 112 Å². The number of carboxylic acids is 1. The van der Waals surface area contributed by atoms with Crippen LogP contribution in [0.25, 0.3) is 86.8 Å². The van der Waals surface area contributed by atoms with Gasteiger partial charge in [0.05, 0.1) is 40.8 Å². The number of anilines is 7. The Kier molecular flexibility index (Phi) is 22.4. The Balaban J connectivity index is 0.000000138. The number of halogens is 1. The van der Waals surface area contributed by atoms with Gasteiger partial charge in [-0.1, -0.05) is 273 Å². The van der Waals surface area contributed by atoms with E-state index in [0.29, 0.717) is 0 Å². The molecule has 0 atom stereocenters. The summed E-state index contributed by atoms with van der Waals surface area (Å²) in [5, 5.41) is 23.4. The molecule has 1 heterocycles. The lowest BCUT2D eigenvalue weighted by atomic mass is 9.93. The Morgan fingerprint density at radius 2 is 0.822 bits per heavy atom. The number of hydrogen-bond donors (Lipinski definition) is 2. The van der Waals surface area contributed by atoms with Crippen LogP contribution in [0.15, 0.2) is 315 Å². The minimum atomic E-state index is -0.955. The zero-order valence-corrected chi connectivity index (χ0v) is 63.4. The van der Waals surface area contributed by atoms with Crippen LogP contribution in [0, 0.1) is 43.1 Å². The molecule has 0 fully saturated rings. The minimum Gasteiger partial charge on any atom is -0.494 e. The van der Waals surface area contributed by atoms with Gasteiger partial charge in [-0.25, -0.2) is 4.79 Å². The number of aromatic nitrogens is 2. The highest BCUT2D eigenvalue weighted by molar-refractivity contribution is 14.1. The number of nitrogens with zero attached hydrogens (tertiary/aromatic N) is 4. The third kappa shape index (κ3) is 16.2. The van der Waals surface area contributed by atoms with Crippen molar-refractivity contribution in [1.82, 2.24) is 8.75 Å². The summed E-state index contributed by atoms with van der Waals surface area (Å²) < 4.78 is 16.1. The number of fused-ring (bicyclic) bond motifs is 7. The molecule has 8 nitrogen and oxygen atoms in total. The van der Waals surface area contributed by atoms with Crippen molar-refractivity contribution in [1.29, 1.82) is 0 Å². The standard InChI is InChI=1S/C43H29N3O2S.C28H23N.C14H11N.C12H17IO/c1-27-11-21-32(22-12-27)46(33-23-13-28(2)14-24-33)42-38-9-5-3-7-35(38)37(36-8-4-6-10-39(36)42)26-20-30-19-25-34(41-40(30)44-49-45-41)29-15-17-31(18-16-29)43(47)48;1-20-11-15-24(16-12-20)29(25-17-13-21(2)14-18-25)28-26-9-5-3-7-22(26)19-23-8-4-6-10-27(23)28;15-14-12-7-3-1-5-10(12)9-11-6-2-4-8-13(11)14;1-2-3-4-5-10-14-12-8-6-11(13)7-9-12/h3-19,21-25H,1-2H3,(H,47,48);3-19H,1-2H3;1-9H,15H2;6-9H,2-5,10H2,1H3. The Morgan fingerprint density at radius 1 is 0.430 bits per heavy atom. The Morgan fingerprint density at radius 3 is 1.26 bits per heavy atom. The van der Waals surface area contributed by atoms with Gasteiger partial charge in [-0.2, -0.15) is 8.75 Å². The molecule has 0 saturated heterocycles. The summed E-state index contributed by atoms with van der Waals surface area (Å²) in [7, 11) is 0. The number of nitrogens with two attached hydrogens (primary N) is 1. The number of benzene rings is 16. The summed E-state index contributed by atoms with van der Waals surface area (Å²) in [6.45, 7) is 11.6. The smallest absolute Gasteiger partial charge is 0.335 e. The number of carboxylic acid groups (broad SMARTS) is 1. The van der Waals surface area contributed by atoms with Crippen LogP contribution in [0.1, 0.15) is 76.3 Å². The van der Waals surface area contributed by atoms with E-state index in [9.17, 15) is 9.90 Å². The van der Waals surface area contributed by atoms with Gasteiger partial charge in [0.25, 0.3) is 0 Å². The largest absolute Gasteiger partial charge is 0.494 e. The molecule has 17 rings (SSSR count). The Bertz CT molecular complexity index is 5820. The fourth-order valence-electron chi connectivity index (χ4n) is 13.7. The van der Waals surface area contributed by atoms with Gasteiger partial charge in [-0.15, -0.1) is 0 Å². The molecule has 0 aliphatic heterocycles. The van der Waals surface area contributed by atoms with E-state index in [4.69, 9.17) is 10.5 Å². The second-order valence-electron chi connectivity index (χ2n) is 26.8. The van der Waals surface area contributed by atoms with Crippen LogP contribution >= 0.6 is 34.3 Å². The molecule has 107 heavy (non-hydrogen) atoms. The highest BCUT2D eigenvalue weighted by Gasteiger charge is 2.23. The van der Waals surface area contributed by atoms with Gasteiger partial charge in [0.2, 0.25) is 0 Å². The summed E-state index contributed by atoms with van der Waals surface area (Å²) in [6, 6.07) is 109. The summed E-state index contributed by atoms with van der Waals surface area (Å²) in [5.41, 5.74) is 24.0. The van der Waals surface area contributed by atoms with Crippen LogP contribution in [0.3, 0.4) is 0 Å². The number of carbonyl (C=O) groups is 1. The third-order valence-corrected chi connectivity index (χ3v) is 20.6. The van der Waals surface area contributed by atoms with E-state index in [1.165, 1.54) is 101 Å². The first-order chi connectivity index (χ1) is 52.3. The van der Waals surface area contributed by atoms with E-state index >= 15 is 0 Å². The van der Waals surface area contributed by atoms with Gasteiger partial charge in [-0.05, 0) is 187 Å². The van der Waals surface area contributed by atoms with E-state index in [-0.39, 0.29) is 5.56 Å². The van der Waals surface area contributed by atoms with Crippen LogP contribution in [0.5, 0.6) is 5.75 Å². The van der Waals surface area contributed by atoms with Crippen molar-refractivity contribution in [3.05, 3.63) is 358 Å². The Hall–Kier alpha value is -12.1. The maximum Gasteiger partial charge on any atom is 0.335 e. The molecule has 10 heteroatoms. The first-order valence-electron chi connectivity index (χ1n) is 36.2. The lowest BCUT2D eigenvalue weighted by Gasteiger charge is -2.29. The molecule has 17 aromatic rings. The van der Waals surface area contributed by atoms with Gasteiger partial charge in [0, 0.05) is 86.2 Å². The molecule has 0 saturated carbocycles. The fraction of sp³-hybridized carbons (Fsp3) is 0.103. The molecule has 0 bridgehead atoms. The molecule has 524 valence electrons. The van der Waals surface area contributed by atoms with Crippen LogP contribution in [0.4, 0.5) is 39.8 Å². The topological polar surface area (TPSA) is 105 Å². The zero-order valence-electron chi connectivity index (χ0n) is 60.5. The monoisotopic (exact) mass is 1520 g/mol. The first-order valence-corrected chi connectivity index (χ1v) is 38.0. The molecule has 1 aromatic heterocycles. The van der Waals surface area contributed by atoms with Crippen molar-refractivity contribution in [3.8, 4) is 28.7 Å². The highest BCUT2D eigenvalue weighted by Crippen LogP contribution is 2.47. The normalized spacial score (nSPS) is 10.9. The first kappa shape index (κ1) is 71.8. The minimum absolute atomic E-state index is 0.241. The van der Waals surface area contributed by atoms with Crippen LogP contribution in [0.2, 0.25) is 0 Å². The summed E-state index contributed by atoms with van der Waals surface area (Å²) >= 11 is 3.44. The van der Waals surface area contributed by atoms with Gasteiger partial charge >= 0.3 is 5.97 Å². The Labute approximate surface area is 643 Å². The average Bonchev–Trinajstić information content (AvgIpc) is 1.05. The molecule has 0 aliphatic rings. The molecule has 0 radical (unpaired) electrons. The molecule has 0 amide bonds. The van der Waals surface area contributed by atoms with Gasteiger partial charge in [0.15, 0.2) is 0 Å². The van der Waals surface area contributed by atoms with E-state index in [2.05, 4.69) is 330 Å². The van der Waals surface area contributed by atoms with Crippen molar-refractivity contribution in [2.45, 2.75) is 60.3 Å². The second kappa shape index (κ2) is 33.3. The number of aromatic carboxylic acids is 1. The summed E-state index contributed by atoms with van der Waals surface area (Å²) in [5.74, 6) is 7.07. The molecule has 0 aliphatic carbocycles. The van der Waals surface area contributed by atoms with Crippen LogP contribution in [-0.2, 0) is 0 Å². The van der Waals surface area contributed by atoms with Crippen molar-refractivity contribution in [3.63, 3.8) is 0 Å². The molecular formula is C97H80IN5O3S. The number of aryl methyl sites for hydroxylation is 4. The van der Waals surface area contributed by atoms with Crippen molar-refractivity contribution in [2.24, 2.45) is 0 Å². The van der Waals surface area contributed by atoms with E-state index in [1.54, 1.807) is 24.3 Å². The number of hydrogen-bond acceptors (Lipinski definition) is 8. The average molecular weight is 1520 g/mol. The highest BCUT2D eigenvalue weighted by atomic mass is 127. The maximum absolute atomic E-state index is 11.4. The van der Waals surface area contributed by atoms with Crippen molar-refractivity contribution >= 4 is 156 Å². The van der Waals surface area contributed by atoms with E-state index in [1.807, 2.05) is 48.5 Å². The van der Waals surface area contributed by atoms with Crippen LogP contribution in [-0.4, -0.2) is 26.4 Å². The quantitative estimate of drug-likeness (QED) is 0.0365.